The summed E-state index contributed by atoms with van der Waals surface area (Å²) in [6.07, 6.45) is 15.7. The molecule has 3 aromatic heterocycles. The van der Waals surface area contributed by atoms with E-state index in [4.69, 9.17) is 18.6 Å². The molecule has 1 aromatic carbocycles. The van der Waals surface area contributed by atoms with E-state index in [-0.39, 0.29) is 23.5 Å². The number of amides is 1. The Kier molecular flexibility index (Phi) is 5.66. The van der Waals surface area contributed by atoms with Gasteiger partial charge >= 0.3 is 0 Å². The van der Waals surface area contributed by atoms with Gasteiger partial charge in [0.05, 0.1) is 17.1 Å². The summed E-state index contributed by atoms with van der Waals surface area (Å²) >= 11 is 0. The minimum atomic E-state index is -0.556. The van der Waals surface area contributed by atoms with E-state index in [0.29, 0.717) is 45.5 Å². The molecule has 1 atom stereocenters. The summed E-state index contributed by atoms with van der Waals surface area (Å²) in [5.41, 5.74) is 10.4. The van der Waals surface area contributed by atoms with Crippen LogP contribution in [-0.4, -0.2) is 42.9 Å². The molecule has 0 saturated carbocycles. The quantitative estimate of drug-likeness (QED) is 0.451. The SMILES string of the molecule is C#Cc1ncc(-c2c(-c3ccc(C(=O)N4CCC[C@@H]4C#C)cc3)c3c(N)ncnc3n2C)c(C)c1F. The van der Waals surface area contributed by atoms with Crippen molar-refractivity contribution in [2.75, 3.05) is 12.3 Å². The van der Waals surface area contributed by atoms with Crippen LogP contribution in [0.1, 0.15) is 34.5 Å². The summed E-state index contributed by atoms with van der Waals surface area (Å²) in [6, 6.07) is 7.02. The molecule has 36 heavy (non-hydrogen) atoms. The third-order valence-corrected chi connectivity index (χ3v) is 6.78. The number of nitrogen functional groups attached to an aromatic ring is 1. The van der Waals surface area contributed by atoms with E-state index in [1.165, 1.54) is 6.33 Å². The summed E-state index contributed by atoms with van der Waals surface area (Å²) < 4.78 is 16.8. The highest BCUT2D eigenvalue weighted by molar-refractivity contribution is 6.08. The Hall–Kier alpha value is -4.69. The molecule has 7 nitrogen and oxygen atoms in total. The molecule has 0 radical (unpaired) electrons. The number of halogens is 1. The summed E-state index contributed by atoms with van der Waals surface area (Å²) in [6.45, 7) is 2.30. The third kappa shape index (κ3) is 3.47. The van der Waals surface area contributed by atoms with Gasteiger partial charge < -0.3 is 15.2 Å². The highest BCUT2D eigenvalue weighted by Crippen LogP contribution is 2.42. The summed E-state index contributed by atoms with van der Waals surface area (Å²) in [7, 11) is 1.82. The number of nitrogens with zero attached hydrogens (tertiary/aromatic N) is 5. The smallest absolute Gasteiger partial charge is 0.254 e. The van der Waals surface area contributed by atoms with Gasteiger partial charge in [-0.3, -0.25) is 4.79 Å². The van der Waals surface area contributed by atoms with Gasteiger partial charge in [-0.25, -0.2) is 19.3 Å². The average molecular weight is 479 g/mol. The second-order valence-electron chi connectivity index (χ2n) is 8.74. The number of terminal acetylenes is 2. The van der Waals surface area contributed by atoms with Gasteiger partial charge in [0.15, 0.2) is 5.82 Å². The van der Waals surface area contributed by atoms with Crippen LogP contribution in [0.25, 0.3) is 33.4 Å². The monoisotopic (exact) mass is 478 g/mol. The van der Waals surface area contributed by atoms with Gasteiger partial charge in [-0.05, 0) is 48.9 Å². The molecule has 0 aliphatic carbocycles. The molecule has 1 aliphatic heterocycles. The number of aryl methyl sites for hydroxylation is 1. The van der Waals surface area contributed by atoms with E-state index in [1.807, 2.05) is 23.7 Å². The summed E-state index contributed by atoms with van der Waals surface area (Å²) in [5, 5.41) is 0.627. The van der Waals surface area contributed by atoms with Crippen molar-refractivity contribution < 1.29 is 9.18 Å². The number of anilines is 1. The van der Waals surface area contributed by atoms with Crippen LogP contribution in [0.5, 0.6) is 0 Å². The topological polar surface area (TPSA) is 89.9 Å². The lowest BCUT2D eigenvalue weighted by Gasteiger charge is -2.20. The maximum atomic E-state index is 15.0. The number of fused-ring (bicyclic) bond motifs is 1. The van der Waals surface area contributed by atoms with E-state index in [2.05, 4.69) is 26.8 Å². The average Bonchev–Trinajstić information content (AvgIpc) is 3.49. The summed E-state index contributed by atoms with van der Waals surface area (Å²) in [5.74, 6) is 4.61. The molecule has 5 rings (SSSR count). The molecule has 2 N–H and O–H groups in total. The lowest BCUT2D eigenvalue weighted by atomic mass is 9.96. The number of likely N-dealkylation sites (tertiary alicyclic amines) is 1. The number of nitrogens with two attached hydrogens (primary N) is 1. The van der Waals surface area contributed by atoms with Crippen LogP contribution in [0.4, 0.5) is 10.2 Å². The van der Waals surface area contributed by atoms with E-state index in [1.54, 1.807) is 30.2 Å². The zero-order valence-corrected chi connectivity index (χ0v) is 19.9. The predicted octanol–water partition coefficient (Wildman–Crippen LogP) is 3.95. The summed E-state index contributed by atoms with van der Waals surface area (Å²) in [4.78, 5) is 27.6. The van der Waals surface area contributed by atoms with Crippen molar-refractivity contribution in [1.29, 1.82) is 0 Å². The van der Waals surface area contributed by atoms with Crippen LogP contribution in [0, 0.1) is 37.4 Å². The third-order valence-electron chi connectivity index (χ3n) is 6.78. The lowest BCUT2D eigenvalue weighted by molar-refractivity contribution is 0.0766. The van der Waals surface area contributed by atoms with Crippen molar-refractivity contribution in [3.8, 4) is 47.1 Å². The van der Waals surface area contributed by atoms with Gasteiger partial charge in [0, 0.05) is 36.5 Å². The fraction of sp³-hybridized carbons (Fsp3) is 0.214. The highest BCUT2D eigenvalue weighted by atomic mass is 19.1. The fourth-order valence-electron chi connectivity index (χ4n) is 4.92. The van der Waals surface area contributed by atoms with Crippen molar-refractivity contribution >= 4 is 22.8 Å². The number of aromatic nitrogens is 4. The first-order chi connectivity index (χ1) is 17.4. The molecular weight excluding hydrogens is 455 g/mol. The molecular formula is C28H23FN6O. The van der Waals surface area contributed by atoms with Crippen molar-refractivity contribution in [3.63, 3.8) is 0 Å². The highest BCUT2D eigenvalue weighted by Gasteiger charge is 2.29. The molecule has 0 unspecified atom stereocenters. The predicted molar refractivity (Wildman–Crippen MR) is 137 cm³/mol. The Morgan fingerprint density at radius 2 is 1.94 bits per heavy atom. The van der Waals surface area contributed by atoms with Gasteiger partial charge in [-0.15, -0.1) is 12.8 Å². The first-order valence-electron chi connectivity index (χ1n) is 11.5. The maximum Gasteiger partial charge on any atom is 0.254 e. The molecule has 4 heterocycles. The fourth-order valence-corrected chi connectivity index (χ4v) is 4.92. The maximum absolute atomic E-state index is 15.0. The minimum Gasteiger partial charge on any atom is -0.383 e. The Labute approximate surface area is 208 Å². The van der Waals surface area contributed by atoms with Crippen LogP contribution in [0.15, 0.2) is 36.8 Å². The Morgan fingerprint density at radius 1 is 1.19 bits per heavy atom. The van der Waals surface area contributed by atoms with Crippen LogP contribution in [-0.2, 0) is 7.05 Å². The van der Waals surface area contributed by atoms with Crippen LogP contribution >= 0.6 is 0 Å². The molecule has 1 amide bonds. The normalized spacial score (nSPS) is 15.1. The molecule has 4 aromatic rings. The van der Waals surface area contributed by atoms with Crippen molar-refractivity contribution in [1.82, 2.24) is 24.4 Å². The standard InChI is InChI=1S/C28H23FN6O/c1-5-19-8-7-13-35(19)28(36)18-11-9-17(10-12-18)22-23-26(30)32-15-33-27(23)34(4)25(22)20-14-31-21(6-2)24(29)16(20)3/h1-2,9-12,14-15,19H,7-8,13H2,3-4H3,(H2,30,32,33)/t19-/m0/s1. The van der Waals surface area contributed by atoms with Gasteiger partial charge in [0.25, 0.3) is 5.91 Å². The van der Waals surface area contributed by atoms with E-state index in [9.17, 15) is 9.18 Å². The Bertz CT molecular complexity index is 1610. The molecule has 0 bridgehead atoms. The molecule has 178 valence electrons. The van der Waals surface area contributed by atoms with Gasteiger partial charge in [-0.1, -0.05) is 18.1 Å². The van der Waals surface area contributed by atoms with Crippen molar-refractivity contribution in [3.05, 3.63) is 59.4 Å². The van der Waals surface area contributed by atoms with E-state index >= 15 is 0 Å². The van der Waals surface area contributed by atoms with Gasteiger partial charge in [0.1, 0.15) is 23.5 Å². The number of benzene rings is 1. The molecule has 1 fully saturated rings. The van der Waals surface area contributed by atoms with Crippen LogP contribution < -0.4 is 5.73 Å². The van der Waals surface area contributed by atoms with Gasteiger partial charge in [-0.2, -0.15) is 0 Å². The molecule has 0 spiro atoms. The first kappa shape index (κ1) is 23.1. The van der Waals surface area contributed by atoms with Crippen LogP contribution in [0.3, 0.4) is 0 Å². The zero-order chi connectivity index (χ0) is 25.6. The zero-order valence-electron chi connectivity index (χ0n) is 19.9. The lowest BCUT2D eigenvalue weighted by Crippen LogP contribution is -2.34. The van der Waals surface area contributed by atoms with E-state index < -0.39 is 5.82 Å². The number of rotatable bonds is 3. The largest absolute Gasteiger partial charge is 0.383 e. The van der Waals surface area contributed by atoms with Gasteiger partial charge in [0.2, 0.25) is 0 Å². The van der Waals surface area contributed by atoms with Crippen molar-refractivity contribution in [2.45, 2.75) is 25.8 Å². The number of carbonyl (C=O) groups excluding carboxylic acids is 1. The van der Waals surface area contributed by atoms with Crippen LogP contribution in [0.2, 0.25) is 0 Å². The van der Waals surface area contributed by atoms with Crippen molar-refractivity contribution in [2.24, 2.45) is 7.05 Å². The number of hydrogen-bond acceptors (Lipinski definition) is 5. The molecule has 1 aliphatic rings. The number of pyridine rings is 1. The molecule has 8 heteroatoms. The second kappa shape index (κ2) is 8.83. The second-order valence-corrected chi connectivity index (χ2v) is 8.74. The molecule has 1 saturated heterocycles. The Balaban J connectivity index is 1.69. The Morgan fingerprint density at radius 3 is 2.64 bits per heavy atom. The first-order valence-corrected chi connectivity index (χ1v) is 11.5. The number of carbonyl (C=O) groups is 1. The minimum absolute atomic E-state index is 0.0501. The number of hydrogen-bond donors (Lipinski definition) is 1. The van der Waals surface area contributed by atoms with E-state index in [0.717, 1.165) is 18.4 Å².